The monoisotopic (exact) mass is 316 g/mol. The van der Waals surface area contributed by atoms with Gasteiger partial charge in [0.2, 0.25) is 10.0 Å². The summed E-state index contributed by atoms with van der Waals surface area (Å²) >= 11 is 1.43. The number of halogens is 1. The van der Waals surface area contributed by atoms with Crippen LogP contribution in [0.15, 0.2) is 34.0 Å². The minimum Gasteiger partial charge on any atom is -0.392 e. The second-order valence-corrected chi connectivity index (χ2v) is 6.49. The van der Waals surface area contributed by atoms with Gasteiger partial charge in [-0.15, -0.1) is 11.3 Å². The van der Waals surface area contributed by atoms with Gasteiger partial charge in [-0.2, -0.15) is 0 Å². The molecule has 0 aliphatic heterocycles. The Morgan fingerprint density at radius 3 is 2.85 bits per heavy atom. The molecule has 0 atom stereocenters. The standard InChI is InChI=1S/C12H13FN2O3S2/c13-10-2-1-9(6-16)12(5-10)20(17,18)15-4-3-11-7-19-8-14-11/h1-2,5,7-8,15-16H,3-4,6H2. The largest absolute Gasteiger partial charge is 0.392 e. The lowest BCUT2D eigenvalue weighted by atomic mass is 10.2. The second-order valence-electron chi connectivity index (χ2n) is 4.04. The zero-order valence-electron chi connectivity index (χ0n) is 10.4. The fourth-order valence-corrected chi connectivity index (χ4v) is 3.53. The number of nitrogens with one attached hydrogen (secondary N) is 1. The molecule has 2 rings (SSSR count). The average Bonchev–Trinajstić information content (AvgIpc) is 2.91. The molecule has 2 aromatic rings. The first-order chi connectivity index (χ1) is 9.53. The molecule has 0 saturated carbocycles. The fourth-order valence-electron chi connectivity index (χ4n) is 1.66. The Balaban J connectivity index is 2.11. The third-order valence-electron chi connectivity index (χ3n) is 2.65. The summed E-state index contributed by atoms with van der Waals surface area (Å²) in [5, 5.41) is 11.0. The highest BCUT2D eigenvalue weighted by atomic mass is 32.2. The summed E-state index contributed by atoms with van der Waals surface area (Å²) in [6.07, 6.45) is 0.451. The maximum Gasteiger partial charge on any atom is 0.241 e. The van der Waals surface area contributed by atoms with Gasteiger partial charge in [0.15, 0.2) is 0 Å². The van der Waals surface area contributed by atoms with Crippen LogP contribution in [0.2, 0.25) is 0 Å². The van der Waals surface area contributed by atoms with E-state index in [4.69, 9.17) is 5.11 Å². The number of nitrogens with zero attached hydrogens (tertiary/aromatic N) is 1. The minimum atomic E-state index is -3.85. The normalized spacial score (nSPS) is 11.7. The van der Waals surface area contributed by atoms with Crippen molar-refractivity contribution < 1.29 is 17.9 Å². The molecule has 0 radical (unpaired) electrons. The third kappa shape index (κ3) is 3.60. The Morgan fingerprint density at radius 1 is 1.40 bits per heavy atom. The van der Waals surface area contributed by atoms with Gasteiger partial charge in [-0.25, -0.2) is 22.5 Å². The van der Waals surface area contributed by atoms with E-state index in [1.165, 1.54) is 17.4 Å². The lowest BCUT2D eigenvalue weighted by Gasteiger charge is -2.10. The fraction of sp³-hybridized carbons (Fsp3) is 0.250. The number of thiazole rings is 1. The SMILES string of the molecule is O=S(=O)(NCCc1cscn1)c1cc(F)ccc1CO. The summed E-state index contributed by atoms with van der Waals surface area (Å²) in [6.45, 7) is -0.309. The summed E-state index contributed by atoms with van der Waals surface area (Å²) in [7, 11) is -3.85. The predicted molar refractivity (Wildman–Crippen MR) is 73.3 cm³/mol. The molecule has 108 valence electrons. The van der Waals surface area contributed by atoms with Gasteiger partial charge in [0, 0.05) is 18.3 Å². The van der Waals surface area contributed by atoms with E-state index in [0.29, 0.717) is 6.42 Å². The molecule has 0 bridgehead atoms. The quantitative estimate of drug-likeness (QED) is 0.842. The molecule has 0 unspecified atom stereocenters. The van der Waals surface area contributed by atoms with Crippen LogP contribution in [-0.4, -0.2) is 25.1 Å². The summed E-state index contributed by atoms with van der Waals surface area (Å²) in [5.74, 6) is -0.665. The van der Waals surface area contributed by atoms with Gasteiger partial charge < -0.3 is 5.11 Å². The molecule has 2 N–H and O–H groups in total. The molecule has 0 aliphatic rings. The van der Waals surface area contributed by atoms with E-state index >= 15 is 0 Å². The number of hydrogen-bond acceptors (Lipinski definition) is 5. The zero-order valence-corrected chi connectivity index (χ0v) is 12.0. The van der Waals surface area contributed by atoms with Crippen LogP contribution in [0, 0.1) is 5.82 Å². The van der Waals surface area contributed by atoms with Crippen molar-refractivity contribution in [3.05, 3.63) is 46.2 Å². The molecule has 0 saturated heterocycles. The van der Waals surface area contributed by atoms with Gasteiger partial charge in [-0.05, 0) is 17.7 Å². The van der Waals surface area contributed by atoms with Crippen LogP contribution in [0.25, 0.3) is 0 Å². The Kier molecular flexibility index (Phi) is 4.81. The molecule has 5 nitrogen and oxygen atoms in total. The molecule has 20 heavy (non-hydrogen) atoms. The minimum absolute atomic E-state index is 0.160. The molecule has 1 aromatic heterocycles. The van der Waals surface area contributed by atoms with Crippen LogP contribution in [-0.2, 0) is 23.1 Å². The molecular formula is C12H13FN2O3S2. The smallest absolute Gasteiger partial charge is 0.241 e. The van der Waals surface area contributed by atoms with Crippen LogP contribution in [0.1, 0.15) is 11.3 Å². The van der Waals surface area contributed by atoms with Crippen molar-refractivity contribution in [3.63, 3.8) is 0 Å². The van der Waals surface area contributed by atoms with Crippen molar-refractivity contribution >= 4 is 21.4 Å². The van der Waals surface area contributed by atoms with Crippen LogP contribution in [0.3, 0.4) is 0 Å². The Morgan fingerprint density at radius 2 is 2.20 bits per heavy atom. The van der Waals surface area contributed by atoms with E-state index < -0.39 is 22.4 Å². The summed E-state index contributed by atoms with van der Waals surface area (Å²) < 4.78 is 39.7. The Hall–Kier alpha value is -1.35. The summed E-state index contributed by atoms with van der Waals surface area (Å²) in [6, 6.07) is 3.26. The number of rotatable bonds is 6. The highest BCUT2D eigenvalue weighted by molar-refractivity contribution is 7.89. The van der Waals surface area contributed by atoms with Crippen LogP contribution in [0.5, 0.6) is 0 Å². The summed E-state index contributed by atoms with van der Waals surface area (Å²) in [5.41, 5.74) is 2.62. The topological polar surface area (TPSA) is 79.3 Å². The molecular weight excluding hydrogens is 303 g/mol. The zero-order chi connectivity index (χ0) is 14.6. The maximum absolute atomic E-state index is 13.2. The van der Waals surface area contributed by atoms with E-state index in [2.05, 4.69) is 9.71 Å². The van der Waals surface area contributed by atoms with Gasteiger partial charge in [0.25, 0.3) is 0 Å². The van der Waals surface area contributed by atoms with Crippen molar-refractivity contribution in [2.45, 2.75) is 17.9 Å². The van der Waals surface area contributed by atoms with Crippen molar-refractivity contribution in [2.75, 3.05) is 6.54 Å². The van der Waals surface area contributed by atoms with Crippen molar-refractivity contribution in [1.29, 1.82) is 0 Å². The van der Waals surface area contributed by atoms with Crippen LogP contribution in [0.4, 0.5) is 4.39 Å². The Bertz CT molecular complexity index is 672. The number of sulfonamides is 1. The lowest BCUT2D eigenvalue weighted by Crippen LogP contribution is -2.27. The van der Waals surface area contributed by atoms with Gasteiger partial charge in [0.1, 0.15) is 5.82 Å². The molecule has 1 heterocycles. The number of hydrogen-bond donors (Lipinski definition) is 2. The number of aliphatic hydroxyl groups excluding tert-OH is 1. The van der Waals surface area contributed by atoms with E-state index in [9.17, 15) is 12.8 Å². The molecule has 0 aliphatic carbocycles. The molecule has 8 heteroatoms. The van der Waals surface area contributed by atoms with Gasteiger partial charge in [-0.3, -0.25) is 0 Å². The predicted octanol–water partition coefficient (Wildman–Crippen LogP) is 1.30. The third-order valence-corrected chi connectivity index (χ3v) is 4.82. The molecule has 0 spiro atoms. The van der Waals surface area contributed by atoms with Gasteiger partial charge in [0.05, 0.1) is 22.7 Å². The first-order valence-electron chi connectivity index (χ1n) is 5.79. The summed E-state index contributed by atoms with van der Waals surface area (Å²) in [4.78, 5) is 3.80. The van der Waals surface area contributed by atoms with Gasteiger partial charge >= 0.3 is 0 Å². The lowest BCUT2D eigenvalue weighted by molar-refractivity contribution is 0.278. The second kappa shape index (κ2) is 6.40. The first kappa shape index (κ1) is 15.0. The highest BCUT2D eigenvalue weighted by Crippen LogP contribution is 2.17. The number of aliphatic hydroxyl groups is 1. The van der Waals surface area contributed by atoms with Crippen molar-refractivity contribution in [3.8, 4) is 0 Å². The highest BCUT2D eigenvalue weighted by Gasteiger charge is 2.18. The molecule has 1 aromatic carbocycles. The van der Waals surface area contributed by atoms with E-state index in [1.807, 2.05) is 5.38 Å². The first-order valence-corrected chi connectivity index (χ1v) is 8.21. The molecule has 0 fully saturated rings. The maximum atomic E-state index is 13.2. The van der Waals surface area contributed by atoms with Crippen LogP contribution >= 0.6 is 11.3 Å². The number of aromatic nitrogens is 1. The van der Waals surface area contributed by atoms with E-state index in [-0.39, 0.29) is 17.0 Å². The van der Waals surface area contributed by atoms with E-state index in [0.717, 1.165) is 17.8 Å². The molecule has 0 amide bonds. The van der Waals surface area contributed by atoms with Gasteiger partial charge in [-0.1, -0.05) is 6.07 Å². The van der Waals surface area contributed by atoms with Crippen molar-refractivity contribution in [2.24, 2.45) is 0 Å². The number of benzene rings is 1. The average molecular weight is 316 g/mol. The van der Waals surface area contributed by atoms with E-state index in [1.54, 1.807) is 5.51 Å². The van der Waals surface area contributed by atoms with Crippen LogP contribution < -0.4 is 4.72 Å². The Labute approximate surface area is 120 Å². The van der Waals surface area contributed by atoms with Crippen molar-refractivity contribution in [1.82, 2.24) is 9.71 Å².